The minimum absolute atomic E-state index is 0.295. The minimum atomic E-state index is -0.604. The lowest BCUT2D eigenvalue weighted by Gasteiger charge is -2.26. The van der Waals surface area contributed by atoms with Gasteiger partial charge < -0.3 is 5.32 Å². The van der Waals surface area contributed by atoms with Crippen molar-refractivity contribution >= 4 is 11.9 Å². The average molecular weight is 369 g/mol. The number of hydrogen-bond acceptors (Lipinski definition) is 3. The molecule has 2 atom stereocenters. The van der Waals surface area contributed by atoms with Crippen LogP contribution in [0.5, 0.6) is 0 Å². The number of halogens is 1. The van der Waals surface area contributed by atoms with Gasteiger partial charge >= 0.3 is 6.03 Å². The molecule has 0 radical (unpaired) electrons. The predicted octanol–water partition coefficient (Wildman–Crippen LogP) is 3.01. The molecule has 5 nitrogen and oxygen atoms in total. The van der Waals surface area contributed by atoms with Crippen molar-refractivity contribution in [2.24, 2.45) is 0 Å². The fourth-order valence-electron chi connectivity index (χ4n) is 3.25. The fourth-order valence-corrected chi connectivity index (χ4v) is 3.25. The summed E-state index contributed by atoms with van der Waals surface area (Å²) in [5.41, 5.74) is 2.86. The molecule has 0 bridgehead atoms. The molecule has 0 spiro atoms. The van der Waals surface area contributed by atoms with Crippen LogP contribution >= 0.6 is 0 Å². The van der Waals surface area contributed by atoms with Gasteiger partial charge in [0.1, 0.15) is 5.82 Å². The Labute approximate surface area is 158 Å². The van der Waals surface area contributed by atoms with Gasteiger partial charge in [0.25, 0.3) is 0 Å². The topological polar surface area (TPSA) is 61.4 Å². The van der Waals surface area contributed by atoms with Crippen molar-refractivity contribution in [2.45, 2.75) is 32.4 Å². The number of urea groups is 1. The summed E-state index contributed by atoms with van der Waals surface area (Å²) in [5, 5.41) is 5.90. The molecule has 2 aromatic carbocycles. The van der Waals surface area contributed by atoms with Crippen molar-refractivity contribution < 1.29 is 14.0 Å². The van der Waals surface area contributed by atoms with Crippen molar-refractivity contribution in [3.63, 3.8) is 0 Å². The van der Waals surface area contributed by atoms with Gasteiger partial charge in [0.05, 0.1) is 12.1 Å². The highest BCUT2D eigenvalue weighted by atomic mass is 19.1. The molecular weight excluding hydrogens is 345 g/mol. The van der Waals surface area contributed by atoms with E-state index in [1.807, 2.05) is 30.3 Å². The first-order chi connectivity index (χ1) is 13.0. The van der Waals surface area contributed by atoms with E-state index in [0.717, 1.165) is 17.5 Å². The Morgan fingerprint density at radius 2 is 1.96 bits per heavy atom. The van der Waals surface area contributed by atoms with E-state index in [0.29, 0.717) is 13.1 Å². The maximum atomic E-state index is 13.8. The first-order valence-electron chi connectivity index (χ1n) is 9.19. The highest BCUT2D eigenvalue weighted by Crippen LogP contribution is 2.24. The van der Waals surface area contributed by atoms with Crippen LogP contribution in [0.3, 0.4) is 0 Å². The third-order valence-electron chi connectivity index (χ3n) is 4.81. The van der Waals surface area contributed by atoms with Gasteiger partial charge in [-0.2, -0.15) is 0 Å². The van der Waals surface area contributed by atoms with Crippen LogP contribution in [-0.4, -0.2) is 36.0 Å². The number of benzene rings is 2. The van der Waals surface area contributed by atoms with E-state index < -0.39 is 6.04 Å². The molecule has 1 heterocycles. The third-order valence-corrected chi connectivity index (χ3v) is 4.81. The van der Waals surface area contributed by atoms with Crippen LogP contribution in [0, 0.1) is 5.82 Å². The largest absolute Gasteiger partial charge is 0.336 e. The number of hydrogen-bond donors (Lipinski definition) is 2. The summed E-state index contributed by atoms with van der Waals surface area (Å²) in [6.07, 6.45) is 0.928. The summed E-state index contributed by atoms with van der Waals surface area (Å²) >= 11 is 0. The summed E-state index contributed by atoms with van der Waals surface area (Å²) < 4.78 is 13.8. The molecule has 3 rings (SSSR count). The van der Waals surface area contributed by atoms with Gasteiger partial charge in [0, 0.05) is 13.1 Å². The normalized spacial score (nSPS) is 16.1. The molecule has 1 aliphatic heterocycles. The summed E-state index contributed by atoms with van der Waals surface area (Å²) in [5.74, 6) is -0.626. The maximum absolute atomic E-state index is 13.8. The van der Waals surface area contributed by atoms with Crippen molar-refractivity contribution in [1.29, 1.82) is 0 Å². The highest BCUT2D eigenvalue weighted by molar-refractivity contribution is 5.98. The lowest BCUT2D eigenvalue weighted by molar-refractivity contribution is -0.129. The Balaban J connectivity index is 1.87. The molecule has 142 valence electrons. The molecule has 1 saturated heterocycles. The van der Waals surface area contributed by atoms with Gasteiger partial charge in [-0.25, -0.2) is 9.18 Å². The first-order valence-corrected chi connectivity index (χ1v) is 9.19. The third kappa shape index (κ3) is 4.34. The second-order valence-corrected chi connectivity index (χ2v) is 6.69. The summed E-state index contributed by atoms with van der Waals surface area (Å²) in [6, 6.07) is 13.0. The Morgan fingerprint density at radius 3 is 2.56 bits per heavy atom. The smallest absolute Gasteiger partial charge is 0.324 e. The van der Waals surface area contributed by atoms with Crippen LogP contribution < -0.4 is 10.6 Å². The van der Waals surface area contributed by atoms with Crippen LogP contribution in [0.25, 0.3) is 0 Å². The number of nitrogens with one attached hydrogen (secondary N) is 2. The quantitative estimate of drug-likeness (QED) is 0.823. The number of amides is 3. The van der Waals surface area contributed by atoms with Crippen LogP contribution in [0.2, 0.25) is 0 Å². The number of nitrogens with zero attached hydrogens (tertiary/aromatic N) is 1. The van der Waals surface area contributed by atoms with Gasteiger partial charge in [-0.3, -0.25) is 15.0 Å². The molecule has 0 unspecified atom stereocenters. The van der Waals surface area contributed by atoms with Gasteiger partial charge in [-0.1, -0.05) is 43.3 Å². The zero-order valence-corrected chi connectivity index (χ0v) is 15.5. The molecule has 2 N–H and O–H groups in total. The predicted molar refractivity (Wildman–Crippen MR) is 102 cm³/mol. The molecule has 3 amide bonds. The summed E-state index contributed by atoms with van der Waals surface area (Å²) in [6.45, 7) is 4.63. The van der Waals surface area contributed by atoms with E-state index in [2.05, 4.69) is 17.6 Å². The molecule has 27 heavy (non-hydrogen) atoms. The minimum Gasteiger partial charge on any atom is -0.336 e. The Hall–Kier alpha value is -2.73. The van der Waals surface area contributed by atoms with Gasteiger partial charge in [0.2, 0.25) is 5.91 Å². The number of imide groups is 1. The molecule has 2 aromatic rings. The monoisotopic (exact) mass is 369 g/mol. The highest BCUT2D eigenvalue weighted by Gasteiger charge is 2.31. The number of aryl methyl sites for hydroxylation is 1. The molecule has 1 aliphatic rings. The van der Waals surface area contributed by atoms with Crippen molar-refractivity contribution in [2.75, 3.05) is 13.1 Å². The molecular formula is C21H24FN3O2. The van der Waals surface area contributed by atoms with Crippen molar-refractivity contribution in [3.8, 4) is 0 Å². The summed E-state index contributed by atoms with van der Waals surface area (Å²) in [7, 11) is 0. The van der Waals surface area contributed by atoms with Crippen LogP contribution in [0.4, 0.5) is 9.18 Å². The molecule has 0 saturated carbocycles. The standard InChI is InChI=1S/C21H24FN3O2/c1-3-15-7-9-16(10-8-15)19(17-5-4-6-18(22)13-17)24-14(2)20(26)25-12-11-23-21(25)27/h4-10,13-14,19,24H,3,11-12H2,1-2H3,(H,23,27)/t14-,19-/m1/s1. The Kier molecular flexibility index (Phi) is 5.86. The zero-order chi connectivity index (χ0) is 19.4. The van der Waals surface area contributed by atoms with Crippen LogP contribution in [-0.2, 0) is 11.2 Å². The number of carbonyl (C=O) groups is 2. The summed E-state index contributed by atoms with van der Waals surface area (Å²) in [4.78, 5) is 25.6. The van der Waals surface area contributed by atoms with Crippen LogP contribution in [0.1, 0.15) is 36.6 Å². The second kappa shape index (κ2) is 8.31. The molecule has 0 aliphatic carbocycles. The second-order valence-electron chi connectivity index (χ2n) is 6.69. The van der Waals surface area contributed by atoms with Gasteiger partial charge in [-0.05, 0) is 42.2 Å². The van der Waals surface area contributed by atoms with E-state index in [9.17, 15) is 14.0 Å². The van der Waals surface area contributed by atoms with E-state index in [4.69, 9.17) is 0 Å². The van der Waals surface area contributed by atoms with Crippen molar-refractivity contribution in [3.05, 3.63) is 71.0 Å². The fraction of sp³-hybridized carbons (Fsp3) is 0.333. The Morgan fingerprint density at radius 1 is 1.22 bits per heavy atom. The lowest BCUT2D eigenvalue weighted by Crippen LogP contribution is -2.47. The Bertz CT molecular complexity index is 822. The lowest BCUT2D eigenvalue weighted by atomic mass is 9.96. The molecule has 1 fully saturated rings. The van der Waals surface area contributed by atoms with Gasteiger partial charge in [0.15, 0.2) is 0 Å². The van der Waals surface area contributed by atoms with E-state index in [1.54, 1.807) is 13.0 Å². The van der Waals surface area contributed by atoms with E-state index >= 15 is 0 Å². The van der Waals surface area contributed by atoms with Gasteiger partial charge in [-0.15, -0.1) is 0 Å². The van der Waals surface area contributed by atoms with E-state index in [1.165, 1.54) is 22.6 Å². The first kappa shape index (κ1) is 19.0. The average Bonchev–Trinajstić information content (AvgIpc) is 3.11. The number of carbonyl (C=O) groups excluding carboxylic acids is 2. The molecule has 6 heteroatoms. The van der Waals surface area contributed by atoms with Crippen molar-refractivity contribution in [1.82, 2.24) is 15.5 Å². The zero-order valence-electron chi connectivity index (χ0n) is 15.5. The van der Waals surface area contributed by atoms with Crippen LogP contribution in [0.15, 0.2) is 48.5 Å². The maximum Gasteiger partial charge on any atom is 0.324 e. The molecule has 0 aromatic heterocycles. The number of rotatable bonds is 6. The SMILES string of the molecule is CCc1ccc([C@@H](N[C@H](C)C(=O)N2CCNC2=O)c2cccc(F)c2)cc1. The van der Waals surface area contributed by atoms with E-state index in [-0.39, 0.29) is 23.8 Å².